The molecular formula is C59H96O6. The van der Waals surface area contributed by atoms with Crippen LogP contribution in [0.5, 0.6) is 0 Å². The number of carbonyl (C=O) groups excluding carboxylic acids is 3. The van der Waals surface area contributed by atoms with Gasteiger partial charge in [0.1, 0.15) is 13.2 Å². The van der Waals surface area contributed by atoms with E-state index < -0.39 is 6.10 Å². The van der Waals surface area contributed by atoms with Crippen LogP contribution >= 0.6 is 0 Å². The first-order chi connectivity index (χ1) is 32.0. The molecular weight excluding hydrogens is 805 g/mol. The molecule has 65 heavy (non-hydrogen) atoms. The molecule has 0 saturated carbocycles. The molecule has 0 bridgehead atoms. The summed E-state index contributed by atoms with van der Waals surface area (Å²) in [5, 5.41) is 0. The number of rotatable bonds is 46. The highest BCUT2D eigenvalue weighted by molar-refractivity contribution is 5.71. The summed E-state index contributed by atoms with van der Waals surface area (Å²) >= 11 is 0. The van der Waals surface area contributed by atoms with Crippen molar-refractivity contribution in [2.75, 3.05) is 13.2 Å². The summed E-state index contributed by atoms with van der Waals surface area (Å²) in [6.45, 7) is 6.30. The van der Waals surface area contributed by atoms with Crippen molar-refractivity contribution in [3.63, 3.8) is 0 Å². The smallest absolute Gasteiger partial charge is 0.306 e. The van der Waals surface area contributed by atoms with Gasteiger partial charge in [-0.1, -0.05) is 233 Å². The molecule has 0 aromatic rings. The third kappa shape index (κ3) is 50.9. The van der Waals surface area contributed by atoms with Gasteiger partial charge in [-0.05, 0) is 83.5 Å². The van der Waals surface area contributed by atoms with Crippen LogP contribution in [0.25, 0.3) is 0 Å². The lowest BCUT2D eigenvalue weighted by Gasteiger charge is -2.18. The SMILES string of the molecule is CC/C=C/C=C/C=C/C=C/C=C/CCCCCC(=O)OC(COC(=O)CCCCCCC/C=C/C=C/C=C/CC)COC(=O)CCCCCCCCC/C=C/CCCCCCCCCC. The number of ether oxygens (including phenoxy) is 3. The van der Waals surface area contributed by atoms with Crippen molar-refractivity contribution in [3.05, 3.63) is 109 Å². The molecule has 0 aromatic heterocycles. The normalized spacial score (nSPS) is 13.0. The van der Waals surface area contributed by atoms with Crippen LogP contribution in [0.4, 0.5) is 0 Å². The Morgan fingerprint density at radius 3 is 1.00 bits per heavy atom. The monoisotopic (exact) mass is 901 g/mol. The molecule has 0 aromatic carbocycles. The summed E-state index contributed by atoms with van der Waals surface area (Å²) in [5.41, 5.74) is 0. The molecule has 1 atom stereocenters. The van der Waals surface area contributed by atoms with Gasteiger partial charge < -0.3 is 14.2 Å². The maximum atomic E-state index is 12.8. The number of esters is 3. The number of hydrogen-bond donors (Lipinski definition) is 0. The zero-order valence-electron chi connectivity index (χ0n) is 42.0. The van der Waals surface area contributed by atoms with Crippen molar-refractivity contribution < 1.29 is 28.6 Å². The van der Waals surface area contributed by atoms with Crippen molar-refractivity contribution in [2.45, 2.75) is 232 Å². The summed E-state index contributed by atoms with van der Waals surface area (Å²) in [4.78, 5) is 38.0. The van der Waals surface area contributed by atoms with Crippen molar-refractivity contribution in [1.82, 2.24) is 0 Å². The molecule has 0 heterocycles. The van der Waals surface area contributed by atoms with E-state index in [9.17, 15) is 14.4 Å². The summed E-state index contributed by atoms with van der Waals surface area (Å²) < 4.78 is 16.8. The Bertz CT molecular complexity index is 1360. The fourth-order valence-corrected chi connectivity index (χ4v) is 6.99. The Balaban J connectivity index is 4.47. The van der Waals surface area contributed by atoms with E-state index in [1.165, 1.54) is 89.9 Å². The van der Waals surface area contributed by atoms with Crippen LogP contribution in [0.1, 0.15) is 226 Å². The fourth-order valence-electron chi connectivity index (χ4n) is 6.99. The number of allylic oxidation sites excluding steroid dienone is 18. The van der Waals surface area contributed by atoms with Crippen LogP contribution in [0.2, 0.25) is 0 Å². The van der Waals surface area contributed by atoms with E-state index in [2.05, 4.69) is 81.5 Å². The maximum Gasteiger partial charge on any atom is 0.306 e. The van der Waals surface area contributed by atoms with E-state index in [0.717, 1.165) is 89.9 Å². The highest BCUT2D eigenvalue weighted by atomic mass is 16.6. The van der Waals surface area contributed by atoms with Crippen molar-refractivity contribution in [3.8, 4) is 0 Å². The maximum absolute atomic E-state index is 12.8. The lowest BCUT2D eigenvalue weighted by molar-refractivity contribution is -0.167. The van der Waals surface area contributed by atoms with Crippen LogP contribution in [-0.4, -0.2) is 37.2 Å². The number of carbonyl (C=O) groups is 3. The largest absolute Gasteiger partial charge is 0.462 e. The van der Waals surface area contributed by atoms with Gasteiger partial charge in [-0.3, -0.25) is 14.4 Å². The molecule has 0 aliphatic heterocycles. The van der Waals surface area contributed by atoms with Gasteiger partial charge in [0.25, 0.3) is 0 Å². The van der Waals surface area contributed by atoms with Gasteiger partial charge in [0, 0.05) is 19.3 Å². The van der Waals surface area contributed by atoms with Crippen LogP contribution in [0.15, 0.2) is 109 Å². The molecule has 0 N–H and O–H groups in total. The van der Waals surface area contributed by atoms with E-state index >= 15 is 0 Å². The van der Waals surface area contributed by atoms with Gasteiger partial charge in [0.05, 0.1) is 0 Å². The Hall–Kier alpha value is -3.93. The van der Waals surface area contributed by atoms with Crippen molar-refractivity contribution in [2.24, 2.45) is 0 Å². The summed E-state index contributed by atoms with van der Waals surface area (Å²) in [6, 6.07) is 0. The number of unbranched alkanes of at least 4 members (excludes halogenated alkanes) is 23. The molecule has 0 aliphatic carbocycles. The van der Waals surface area contributed by atoms with Crippen LogP contribution in [-0.2, 0) is 28.6 Å². The fraction of sp³-hybridized carbons (Fsp3) is 0.644. The molecule has 0 fully saturated rings. The quantitative estimate of drug-likeness (QED) is 0.0199. The molecule has 0 aliphatic rings. The van der Waals surface area contributed by atoms with E-state index in [4.69, 9.17) is 14.2 Å². The first-order valence-corrected chi connectivity index (χ1v) is 26.5. The molecule has 0 amide bonds. The van der Waals surface area contributed by atoms with Gasteiger partial charge in [-0.15, -0.1) is 0 Å². The van der Waals surface area contributed by atoms with Crippen molar-refractivity contribution >= 4 is 17.9 Å². The minimum atomic E-state index is -0.812. The Morgan fingerprint density at radius 1 is 0.323 bits per heavy atom. The van der Waals surface area contributed by atoms with E-state index in [1.807, 2.05) is 48.6 Å². The summed E-state index contributed by atoms with van der Waals surface area (Å²) in [7, 11) is 0. The molecule has 6 nitrogen and oxygen atoms in total. The molecule has 6 heteroatoms. The average Bonchev–Trinajstić information content (AvgIpc) is 3.30. The molecule has 1 unspecified atom stereocenters. The first kappa shape index (κ1) is 61.1. The lowest BCUT2D eigenvalue weighted by atomic mass is 10.1. The second-order valence-corrected chi connectivity index (χ2v) is 17.2. The predicted octanol–water partition coefficient (Wildman–Crippen LogP) is 17.5. The average molecular weight is 901 g/mol. The summed E-state index contributed by atoms with van der Waals surface area (Å²) in [5.74, 6) is -0.978. The Kier molecular flexibility index (Phi) is 49.5. The molecule has 0 spiro atoms. The zero-order chi connectivity index (χ0) is 47.2. The van der Waals surface area contributed by atoms with Crippen LogP contribution in [0.3, 0.4) is 0 Å². The minimum Gasteiger partial charge on any atom is -0.462 e. The third-order valence-corrected chi connectivity index (χ3v) is 10.9. The molecule has 368 valence electrons. The third-order valence-electron chi connectivity index (χ3n) is 10.9. The second kappa shape index (κ2) is 52.7. The first-order valence-electron chi connectivity index (χ1n) is 26.5. The highest BCUT2D eigenvalue weighted by Gasteiger charge is 2.19. The number of hydrogen-bond acceptors (Lipinski definition) is 6. The molecule has 0 radical (unpaired) electrons. The molecule has 0 saturated heterocycles. The standard InChI is InChI=1S/C59H96O6/c1-4-7-10-13-16-19-22-25-27-28-29-30-32-34-37-40-43-46-49-52-58(61)64-55-56(54-63-57(60)51-48-45-42-39-36-33-24-21-18-15-12-9-6-3)65-59(62)53-50-47-44-41-38-35-31-26-23-20-17-14-11-8-5-2/h8-9,11-12,14-15,17-18,20-21,23-24,26,28-29,31,35,38,56H,4-7,10,13,16,19,22,25,27,30,32-34,36-37,39-55H2,1-3H3/b11-8+,12-9+,17-14+,18-15+,23-20+,24-21+,29-28+,31-26+,38-35+. The Morgan fingerprint density at radius 2 is 0.615 bits per heavy atom. The summed E-state index contributed by atoms with van der Waals surface area (Å²) in [6.07, 6.45) is 70.8. The van der Waals surface area contributed by atoms with E-state index in [0.29, 0.717) is 19.3 Å². The van der Waals surface area contributed by atoms with Crippen molar-refractivity contribution in [1.29, 1.82) is 0 Å². The lowest BCUT2D eigenvalue weighted by Crippen LogP contribution is -2.30. The second-order valence-electron chi connectivity index (χ2n) is 17.2. The topological polar surface area (TPSA) is 78.9 Å². The van der Waals surface area contributed by atoms with Gasteiger partial charge in [0.15, 0.2) is 6.10 Å². The highest BCUT2D eigenvalue weighted by Crippen LogP contribution is 2.14. The Labute approximate surface area is 400 Å². The van der Waals surface area contributed by atoms with Crippen LogP contribution in [0, 0.1) is 0 Å². The van der Waals surface area contributed by atoms with Crippen LogP contribution < -0.4 is 0 Å². The molecule has 0 rings (SSSR count). The van der Waals surface area contributed by atoms with Gasteiger partial charge in [-0.25, -0.2) is 0 Å². The zero-order valence-corrected chi connectivity index (χ0v) is 42.0. The van der Waals surface area contributed by atoms with E-state index in [-0.39, 0.29) is 37.5 Å². The van der Waals surface area contributed by atoms with E-state index in [1.54, 1.807) is 0 Å². The predicted molar refractivity (Wildman–Crippen MR) is 279 cm³/mol. The van der Waals surface area contributed by atoms with Gasteiger partial charge in [-0.2, -0.15) is 0 Å². The van der Waals surface area contributed by atoms with Gasteiger partial charge in [0.2, 0.25) is 0 Å². The minimum absolute atomic E-state index is 0.106. The van der Waals surface area contributed by atoms with Gasteiger partial charge >= 0.3 is 17.9 Å².